The van der Waals surface area contributed by atoms with Crippen molar-refractivity contribution in [2.24, 2.45) is 16.5 Å². The Morgan fingerprint density at radius 1 is 1.24 bits per heavy atom. The van der Waals surface area contributed by atoms with Crippen molar-refractivity contribution in [2.45, 2.75) is 24.7 Å². The molecule has 1 amide bonds. The van der Waals surface area contributed by atoms with Crippen molar-refractivity contribution < 1.29 is 21.6 Å². The van der Waals surface area contributed by atoms with E-state index >= 15 is 0 Å². The van der Waals surface area contributed by atoms with Gasteiger partial charge in [-0.2, -0.15) is 4.99 Å². The molecule has 1 aliphatic rings. The minimum absolute atomic E-state index is 0.00742. The van der Waals surface area contributed by atoms with E-state index in [-0.39, 0.29) is 28.4 Å². The van der Waals surface area contributed by atoms with Crippen molar-refractivity contribution in [1.82, 2.24) is 0 Å². The third-order valence-electron chi connectivity index (χ3n) is 3.78. The number of sulfone groups is 1. The molecule has 25 heavy (non-hydrogen) atoms. The first-order chi connectivity index (χ1) is 11.4. The van der Waals surface area contributed by atoms with E-state index in [1.807, 2.05) is 0 Å². The number of anilines is 1. The SMILES string of the molecule is Cc1cc(N2CCCCS2(=O)=O)c(S(C)(=O)=O)cc1C(=O)N=C(N)N. The van der Waals surface area contributed by atoms with Crippen LogP contribution in [0.15, 0.2) is 22.0 Å². The zero-order valence-electron chi connectivity index (χ0n) is 13.9. The van der Waals surface area contributed by atoms with Crippen molar-refractivity contribution in [3.63, 3.8) is 0 Å². The van der Waals surface area contributed by atoms with Gasteiger partial charge in [-0.05, 0) is 37.5 Å². The first-order valence-corrected chi connectivity index (χ1v) is 10.9. The molecule has 11 heteroatoms. The number of nitrogens with zero attached hydrogens (tertiary/aromatic N) is 2. The second-order valence-electron chi connectivity index (χ2n) is 5.84. The molecular weight excluding hydrogens is 368 g/mol. The van der Waals surface area contributed by atoms with Gasteiger partial charge in [0.05, 0.1) is 16.3 Å². The number of aliphatic imine (C=N–C) groups is 1. The molecule has 4 N–H and O–H groups in total. The standard InChI is InChI=1S/C14H20N4O5S2/c1-9-7-11(18-5-3-4-6-25(18,22)23)12(24(2,20)21)8-10(9)13(19)17-14(15)16/h7-8H,3-6H2,1-2H3,(H4,15,16,17,19). The van der Waals surface area contributed by atoms with E-state index in [4.69, 9.17) is 11.5 Å². The highest BCUT2D eigenvalue weighted by atomic mass is 32.2. The average molecular weight is 388 g/mol. The van der Waals surface area contributed by atoms with Crippen LogP contribution < -0.4 is 15.8 Å². The molecule has 9 nitrogen and oxygen atoms in total. The average Bonchev–Trinajstić information content (AvgIpc) is 2.44. The Balaban J connectivity index is 2.72. The monoisotopic (exact) mass is 388 g/mol. The summed E-state index contributed by atoms with van der Waals surface area (Å²) in [7, 11) is -7.42. The highest BCUT2D eigenvalue weighted by Gasteiger charge is 2.31. The van der Waals surface area contributed by atoms with Crippen LogP contribution in [0.1, 0.15) is 28.8 Å². The number of rotatable bonds is 3. The van der Waals surface area contributed by atoms with Gasteiger partial charge in [-0.3, -0.25) is 9.10 Å². The Labute approximate surface area is 146 Å². The van der Waals surface area contributed by atoms with E-state index < -0.39 is 31.7 Å². The van der Waals surface area contributed by atoms with E-state index in [1.165, 1.54) is 6.07 Å². The minimum atomic E-state index is -3.80. The molecule has 1 heterocycles. The summed E-state index contributed by atoms with van der Waals surface area (Å²) in [6.45, 7) is 1.74. The van der Waals surface area contributed by atoms with Crippen molar-refractivity contribution in [3.8, 4) is 0 Å². The summed E-state index contributed by atoms with van der Waals surface area (Å²) in [6, 6.07) is 2.49. The van der Waals surface area contributed by atoms with E-state index in [1.54, 1.807) is 6.92 Å². The van der Waals surface area contributed by atoms with Crippen molar-refractivity contribution in [1.29, 1.82) is 0 Å². The molecule has 1 aromatic rings. The van der Waals surface area contributed by atoms with Crippen LogP contribution in [0.2, 0.25) is 0 Å². The van der Waals surface area contributed by atoms with Gasteiger partial charge >= 0.3 is 0 Å². The van der Waals surface area contributed by atoms with Gasteiger partial charge in [0.15, 0.2) is 15.8 Å². The van der Waals surface area contributed by atoms with Crippen LogP contribution in [0.3, 0.4) is 0 Å². The van der Waals surface area contributed by atoms with Crippen LogP contribution in [-0.2, 0) is 19.9 Å². The van der Waals surface area contributed by atoms with Crippen LogP contribution in [0.4, 0.5) is 5.69 Å². The summed E-state index contributed by atoms with van der Waals surface area (Å²) in [5.74, 6) is -1.30. The molecule has 0 radical (unpaired) electrons. The fourth-order valence-electron chi connectivity index (χ4n) is 2.63. The number of amides is 1. The number of benzene rings is 1. The molecule has 2 rings (SSSR count). The smallest absolute Gasteiger partial charge is 0.280 e. The molecule has 138 valence electrons. The first-order valence-electron chi connectivity index (χ1n) is 7.42. The Morgan fingerprint density at radius 2 is 1.88 bits per heavy atom. The highest BCUT2D eigenvalue weighted by Crippen LogP contribution is 2.33. The van der Waals surface area contributed by atoms with Gasteiger partial charge in [0.25, 0.3) is 5.91 Å². The van der Waals surface area contributed by atoms with E-state index in [0.29, 0.717) is 18.4 Å². The molecule has 0 unspecified atom stereocenters. The maximum absolute atomic E-state index is 12.3. The predicted octanol–water partition coefficient (Wildman–Crippen LogP) is -0.258. The van der Waals surface area contributed by atoms with Crippen LogP contribution >= 0.6 is 0 Å². The summed E-state index contributed by atoms with van der Waals surface area (Å²) in [4.78, 5) is 15.3. The van der Waals surface area contributed by atoms with Gasteiger partial charge in [0, 0.05) is 18.4 Å². The van der Waals surface area contributed by atoms with Crippen molar-refractivity contribution >= 4 is 37.4 Å². The third-order valence-corrected chi connectivity index (χ3v) is 6.77. The van der Waals surface area contributed by atoms with Gasteiger partial charge in [0.2, 0.25) is 10.0 Å². The number of hydrogen-bond acceptors (Lipinski definition) is 5. The summed E-state index contributed by atoms with van der Waals surface area (Å²) in [5.41, 5.74) is 10.8. The molecule has 0 atom stereocenters. The molecule has 0 aromatic heterocycles. The fourth-order valence-corrected chi connectivity index (χ4v) is 5.22. The minimum Gasteiger partial charge on any atom is -0.370 e. The highest BCUT2D eigenvalue weighted by molar-refractivity contribution is 7.93. The normalized spacial score (nSPS) is 17.1. The van der Waals surface area contributed by atoms with E-state index in [0.717, 1.165) is 16.6 Å². The maximum atomic E-state index is 12.3. The van der Waals surface area contributed by atoms with Gasteiger partial charge in [0.1, 0.15) is 0 Å². The lowest BCUT2D eigenvalue weighted by Crippen LogP contribution is -2.38. The zero-order chi connectivity index (χ0) is 19.0. The molecule has 1 saturated heterocycles. The van der Waals surface area contributed by atoms with Gasteiger partial charge in [-0.25, -0.2) is 16.8 Å². The first kappa shape index (κ1) is 19.2. The van der Waals surface area contributed by atoms with Crippen LogP contribution in [0, 0.1) is 6.92 Å². The second-order valence-corrected chi connectivity index (χ2v) is 9.84. The summed E-state index contributed by atoms with van der Waals surface area (Å²) < 4.78 is 50.2. The predicted molar refractivity (Wildman–Crippen MR) is 94.8 cm³/mol. The third kappa shape index (κ3) is 4.10. The summed E-state index contributed by atoms with van der Waals surface area (Å²) in [5, 5.41) is 0. The molecule has 0 spiro atoms. The fraction of sp³-hybridized carbons (Fsp3) is 0.429. The number of sulfonamides is 1. The second kappa shape index (κ2) is 6.64. The summed E-state index contributed by atoms with van der Waals surface area (Å²) >= 11 is 0. The quantitative estimate of drug-likeness (QED) is 0.534. The van der Waals surface area contributed by atoms with Gasteiger partial charge in [-0.15, -0.1) is 0 Å². The molecular formula is C14H20N4O5S2. The van der Waals surface area contributed by atoms with Crippen molar-refractivity contribution in [3.05, 3.63) is 23.3 Å². The lowest BCUT2D eigenvalue weighted by Gasteiger charge is -2.30. The van der Waals surface area contributed by atoms with Gasteiger partial charge < -0.3 is 11.5 Å². The molecule has 0 saturated carbocycles. The maximum Gasteiger partial charge on any atom is 0.280 e. The number of aryl methyl sites for hydroxylation is 1. The van der Waals surface area contributed by atoms with E-state index in [9.17, 15) is 21.6 Å². The number of carbonyl (C=O) groups is 1. The van der Waals surface area contributed by atoms with Crippen LogP contribution in [0.25, 0.3) is 0 Å². The number of guanidine groups is 1. The summed E-state index contributed by atoms with van der Waals surface area (Å²) in [6.07, 6.45) is 2.09. The number of hydrogen-bond donors (Lipinski definition) is 2. The van der Waals surface area contributed by atoms with Crippen molar-refractivity contribution in [2.75, 3.05) is 22.9 Å². The number of nitrogens with two attached hydrogens (primary N) is 2. The lowest BCUT2D eigenvalue weighted by molar-refractivity contribution is 0.100. The zero-order valence-corrected chi connectivity index (χ0v) is 15.5. The molecule has 0 bridgehead atoms. The topological polar surface area (TPSA) is 153 Å². The Hall–Kier alpha value is -2.14. The Bertz CT molecular complexity index is 948. The van der Waals surface area contributed by atoms with E-state index in [2.05, 4.69) is 4.99 Å². The molecule has 1 aliphatic heterocycles. The number of carbonyl (C=O) groups excluding carboxylic acids is 1. The molecule has 1 aromatic carbocycles. The largest absolute Gasteiger partial charge is 0.370 e. The lowest BCUT2D eigenvalue weighted by atomic mass is 10.1. The molecule has 1 fully saturated rings. The Kier molecular flexibility index (Phi) is 5.09. The Morgan fingerprint density at radius 3 is 2.40 bits per heavy atom. The van der Waals surface area contributed by atoms with Crippen LogP contribution in [0.5, 0.6) is 0 Å². The van der Waals surface area contributed by atoms with Crippen LogP contribution in [-0.4, -0.2) is 47.3 Å². The van der Waals surface area contributed by atoms with Gasteiger partial charge in [-0.1, -0.05) is 0 Å². The molecule has 0 aliphatic carbocycles.